The average molecular weight is 271 g/mol. The quantitative estimate of drug-likeness (QED) is 0.618. The van der Waals surface area contributed by atoms with Crippen molar-refractivity contribution in [2.45, 2.75) is 71.4 Å². The van der Waals surface area contributed by atoms with Crippen LogP contribution in [0.1, 0.15) is 59.3 Å². The smallest absolute Gasteiger partial charge is 0.0731 e. The van der Waals surface area contributed by atoms with Crippen LogP contribution in [0.2, 0.25) is 0 Å². The van der Waals surface area contributed by atoms with Crippen molar-refractivity contribution in [1.29, 1.82) is 0 Å². The van der Waals surface area contributed by atoms with Crippen molar-refractivity contribution in [3.63, 3.8) is 0 Å². The molecule has 0 radical (unpaired) electrons. The van der Waals surface area contributed by atoms with Crippen molar-refractivity contribution in [2.75, 3.05) is 26.4 Å². The molecule has 0 aromatic rings. The van der Waals surface area contributed by atoms with E-state index in [4.69, 9.17) is 9.47 Å². The van der Waals surface area contributed by atoms with E-state index in [0.717, 1.165) is 38.7 Å². The predicted molar refractivity (Wildman–Crippen MR) is 80.6 cm³/mol. The highest BCUT2D eigenvalue weighted by Gasteiger charge is 2.30. The van der Waals surface area contributed by atoms with Crippen molar-refractivity contribution in [3.8, 4) is 0 Å². The highest BCUT2D eigenvalue weighted by Crippen LogP contribution is 2.29. The van der Waals surface area contributed by atoms with Gasteiger partial charge < -0.3 is 14.8 Å². The Kier molecular flexibility index (Phi) is 9.48. The molecule has 0 heterocycles. The van der Waals surface area contributed by atoms with Crippen LogP contribution in [-0.2, 0) is 9.47 Å². The zero-order chi connectivity index (χ0) is 13.9. The number of rotatable bonds is 10. The first-order valence-corrected chi connectivity index (χ1v) is 8.24. The van der Waals surface area contributed by atoms with Crippen LogP contribution in [0.5, 0.6) is 0 Å². The topological polar surface area (TPSA) is 30.5 Å². The van der Waals surface area contributed by atoms with Crippen LogP contribution in [0.25, 0.3) is 0 Å². The summed E-state index contributed by atoms with van der Waals surface area (Å²) >= 11 is 0. The van der Waals surface area contributed by atoms with E-state index in [1.165, 1.54) is 32.1 Å². The third kappa shape index (κ3) is 6.73. The molecular weight excluding hydrogens is 238 g/mol. The molecule has 0 aliphatic heterocycles. The molecule has 3 nitrogen and oxygen atoms in total. The summed E-state index contributed by atoms with van der Waals surface area (Å²) in [5, 5.41) is 3.58. The van der Waals surface area contributed by atoms with Gasteiger partial charge in [0, 0.05) is 12.6 Å². The Morgan fingerprint density at radius 2 is 1.84 bits per heavy atom. The van der Waals surface area contributed by atoms with Crippen LogP contribution in [0.15, 0.2) is 0 Å². The fraction of sp³-hybridized carbons (Fsp3) is 1.00. The van der Waals surface area contributed by atoms with Crippen LogP contribution in [0.4, 0.5) is 0 Å². The molecule has 1 aliphatic carbocycles. The fourth-order valence-corrected chi connectivity index (χ4v) is 3.07. The van der Waals surface area contributed by atoms with Gasteiger partial charge in [-0.1, -0.05) is 33.6 Å². The monoisotopic (exact) mass is 271 g/mol. The highest BCUT2D eigenvalue weighted by molar-refractivity contribution is 4.85. The van der Waals surface area contributed by atoms with Crippen molar-refractivity contribution < 1.29 is 9.47 Å². The first-order valence-electron chi connectivity index (χ1n) is 8.24. The normalized spacial score (nSPS) is 27.6. The van der Waals surface area contributed by atoms with Gasteiger partial charge in [0.25, 0.3) is 0 Å². The first kappa shape index (κ1) is 16.9. The minimum atomic E-state index is 0.385. The Morgan fingerprint density at radius 3 is 2.53 bits per heavy atom. The van der Waals surface area contributed by atoms with E-state index >= 15 is 0 Å². The van der Waals surface area contributed by atoms with Gasteiger partial charge in [0.1, 0.15) is 0 Å². The molecule has 1 fully saturated rings. The zero-order valence-electron chi connectivity index (χ0n) is 13.1. The van der Waals surface area contributed by atoms with Gasteiger partial charge in [0.05, 0.1) is 19.3 Å². The molecule has 0 saturated heterocycles. The van der Waals surface area contributed by atoms with E-state index < -0.39 is 0 Å². The molecular formula is C16H33NO2. The van der Waals surface area contributed by atoms with E-state index in [2.05, 4.69) is 26.1 Å². The van der Waals surface area contributed by atoms with Crippen LogP contribution in [0.3, 0.4) is 0 Å². The summed E-state index contributed by atoms with van der Waals surface area (Å²) < 4.78 is 11.6. The van der Waals surface area contributed by atoms with E-state index in [0.29, 0.717) is 12.1 Å². The molecule has 3 unspecified atom stereocenters. The summed E-state index contributed by atoms with van der Waals surface area (Å²) in [7, 11) is 0. The van der Waals surface area contributed by atoms with Crippen LogP contribution in [0, 0.1) is 5.92 Å². The molecule has 19 heavy (non-hydrogen) atoms. The number of ether oxygens (including phenoxy) is 2. The van der Waals surface area contributed by atoms with Gasteiger partial charge in [0.15, 0.2) is 0 Å². The van der Waals surface area contributed by atoms with Gasteiger partial charge in [0.2, 0.25) is 0 Å². The summed E-state index contributed by atoms with van der Waals surface area (Å²) in [6, 6.07) is 0.546. The highest BCUT2D eigenvalue weighted by atomic mass is 16.5. The van der Waals surface area contributed by atoms with Gasteiger partial charge in [-0.3, -0.25) is 0 Å². The largest absolute Gasteiger partial charge is 0.379 e. The fourth-order valence-electron chi connectivity index (χ4n) is 3.07. The van der Waals surface area contributed by atoms with Crippen molar-refractivity contribution in [3.05, 3.63) is 0 Å². The Bertz CT molecular complexity index is 211. The first-order chi connectivity index (χ1) is 9.31. The van der Waals surface area contributed by atoms with Gasteiger partial charge in [-0.2, -0.15) is 0 Å². The maximum absolute atomic E-state index is 6.08. The Hall–Kier alpha value is -0.120. The van der Waals surface area contributed by atoms with Crippen LogP contribution in [-0.4, -0.2) is 38.5 Å². The molecule has 0 bridgehead atoms. The van der Waals surface area contributed by atoms with Crippen LogP contribution < -0.4 is 5.32 Å². The summed E-state index contributed by atoms with van der Waals surface area (Å²) in [5.41, 5.74) is 0. The summed E-state index contributed by atoms with van der Waals surface area (Å²) in [4.78, 5) is 0. The number of hydrogen-bond acceptors (Lipinski definition) is 3. The maximum Gasteiger partial charge on any atom is 0.0731 e. The third-order valence-electron chi connectivity index (χ3n) is 3.97. The summed E-state index contributed by atoms with van der Waals surface area (Å²) in [6.45, 7) is 9.97. The molecule has 0 aromatic heterocycles. The molecule has 0 amide bonds. The Balaban J connectivity index is 2.29. The standard InChI is InChI=1S/C16H33NO2/c1-4-7-14-8-9-15(17-6-3)16(13-14)19-12-11-18-10-5-2/h14-17H,4-13H2,1-3H3. The second-order valence-corrected chi connectivity index (χ2v) is 5.65. The molecule has 1 N–H and O–H groups in total. The van der Waals surface area contributed by atoms with Crippen molar-refractivity contribution >= 4 is 0 Å². The molecule has 0 aromatic carbocycles. The van der Waals surface area contributed by atoms with E-state index in [9.17, 15) is 0 Å². The lowest BCUT2D eigenvalue weighted by Crippen LogP contribution is -2.46. The number of likely N-dealkylation sites (N-methyl/N-ethyl adjacent to an activating group) is 1. The van der Waals surface area contributed by atoms with Gasteiger partial charge >= 0.3 is 0 Å². The summed E-state index contributed by atoms with van der Waals surface area (Å²) in [5.74, 6) is 0.862. The molecule has 1 saturated carbocycles. The van der Waals surface area contributed by atoms with Gasteiger partial charge in [-0.15, -0.1) is 0 Å². The minimum absolute atomic E-state index is 0.385. The van der Waals surface area contributed by atoms with E-state index in [1.807, 2.05) is 0 Å². The molecule has 1 aliphatic rings. The maximum atomic E-state index is 6.08. The number of hydrogen-bond donors (Lipinski definition) is 1. The van der Waals surface area contributed by atoms with Crippen molar-refractivity contribution in [1.82, 2.24) is 5.32 Å². The van der Waals surface area contributed by atoms with Crippen molar-refractivity contribution in [2.24, 2.45) is 5.92 Å². The lowest BCUT2D eigenvalue weighted by atomic mass is 9.81. The van der Waals surface area contributed by atoms with Crippen LogP contribution >= 0.6 is 0 Å². The molecule has 114 valence electrons. The Labute approximate surface area is 119 Å². The lowest BCUT2D eigenvalue weighted by molar-refractivity contribution is -0.0364. The molecule has 1 rings (SSSR count). The predicted octanol–water partition coefficient (Wildman–Crippen LogP) is 3.38. The summed E-state index contributed by atoms with van der Waals surface area (Å²) in [6.07, 6.45) is 7.96. The number of nitrogens with one attached hydrogen (secondary N) is 1. The average Bonchev–Trinajstić information content (AvgIpc) is 2.42. The Morgan fingerprint density at radius 1 is 1.00 bits per heavy atom. The molecule has 0 spiro atoms. The molecule has 3 atom stereocenters. The molecule has 3 heteroatoms. The minimum Gasteiger partial charge on any atom is -0.379 e. The van der Waals surface area contributed by atoms with Gasteiger partial charge in [-0.05, 0) is 38.1 Å². The second-order valence-electron chi connectivity index (χ2n) is 5.65. The van der Waals surface area contributed by atoms with E-state index in [1.54, 1.807) is 0 Å². The third-order valence-corrected chi connectivity index (χ3v) is 3.97. The van der Waals surface area contributed by atoms with E-state index in [-0.39, 0.29) is 0 Å². The second kappa shape index (κ2) is 10.6. The van der Waals surface area contributed by atoms with Gasteiger partial charge in [-0.25, -0.2) is 0 Å². The SMILES string of the molecule is CCCOCCOC1CC(CCC)CCC1NCC. The zero-order valence-corrected chi connectivity index (χ0v) is 13.1. The lowest BCUT2D eigenvalue weighted by Gasteiger charge is -2.36.